The van der Waals surface area contributed by atoms with Gasteiger partial charge in [0, 0.05) is 24.6 Å². The average molecular weight is 310 g/mol. The molecule has 1 amide bonds. The smallest absolute Gasteiger partial charge is 0.230 e. The number of nitrogens with one attached hydrogen (secondary N) is 2. The van der Waals surface area contributed by atoms with E-state index >= 15 is 0 Å². The van der Waals surface area contributed by atoms with Crippen molar-refractivity contribution in [1.29, 1.82) is 0 Å². The number of methoxy groups -OCH3 is 1. The highest BCUT2D eigenvalue weighted by atomic mass is 32.2. The number of amides is 1. The van der Waals surface area contributed by atoms with E-state index in [1.165, 1.54) is 5.56 Å². The summed E-state index contributed by atoms with van der Waals surface area (Å²) >= 11 is 1.55. The Balaban J connectivity index is 2.35. The molecule has 4 nitrogen and oxygen atoms in total. The van der Waals surface area contributed by atoms with Crippen LogP contribution >= 0.6 is 11.8 Å². The number of rotatable bonds is 10. The molecule has 0 saturated heterocycles. The Morgan fingerprint density at radius 3 is 2.62 bits per heavy atom. The quantitative estimate of drug-likeness (QED) is 0.515. The first-order chi connectivity index (χ1) is 10.2. The van der Waals surface area contributed by atoms with Crippen molar-refractivity contribution >= 4 is 17.7 Å². The van der Waals surface area contributed by atoms with Crippen molar-refractivity contribution < 1.29 is 9.53 Å². The maximum absolute atomic E-state index is 11.6. The standard InChI is InChI=1S/C16H26N2O2S/c1-4-9-17-13(2)14-5-7-15(8-6-14)21-12-16(19)18-10-11-20-3/h5-8,13,17H,4,9-12H2,1-3H3,(H,18,19). The van der Waals surface area contributed by atoms with Crippen molar-refractivity contribution in [2.45, 2.75) is 31.2 Å². The largest absolute Gasteiger partial charge is 0.383 e. The van der Waals surface area contributed by atoms with Gasteiger partial charge in [-0.1, -0.05) is 19.1 Å². The molecule has 0 spiro atoms. The van der Waals surface area contributed by atoms with Crippen LogP contribution in [0, 0.1) is 0 Å². The Morgan fingerprint density at radius 1 is 1.29 bits per heavy atom. The van der Waals surface area contributed by atoms with Gasteiger partial charge in [0.1, 0.15) is 0 Å². The number of carbonyl (C=O) groups is 1. The fraction of sp³-hybridized carbons (Fsp3) is 0.562. The van der Waals surface area contributed by atoms with E-state index in [9.17, 15) is 4.79 Å². The van der Waals surface area contributed by atoms with E-state index in [1.54, 1.807) is 18.9 Å². The third kappa shape index (κ3) is 7.50. The lowest BCUT2D eigenvalue weighted by atomic mass is 10.1. The Hall–Kier alpha value is -1.04. The normalized spacial score (nSPS) is 12.1. The summed E-state index contributed by atoms with van der Waals surface area (Å²) in [5, 5.41) is 6.28. The molecule has 0 aliphatic heterocycles. The minimum absolute atomic E-state index is 0.0408. The van der Waals surface area contributed by atoms with Crippen LogP contribution in [-0.4, -0.2) is 38.5 Å². The Kier molecular flexibility index (Phi) is 9.14. The van der Waals surface area contributed by atoms with Crippen molar-refractivity contribution in [3.8, 4) is 0 Å². The molecule has 1 unspecified atom stereocenters. The van der Waals surface area contributed by atoms with Crippen molar-refractivity contribution in [3.63, 3.8) is 0 Å². The summed E-state index contributed by atoms with van der Waals surface area (Å²) in [6, 6.07) is 8.76. The minimum atomic E-state index is 0.0408. The summed E-state index contributed by atoms with van der Waals surface area (Å²) in [7, 11) is 1.62. The Bertz CT molecular complexity index is 409. The Labute approximate surface area is 132 Å². The second-order valence-corrected chi connectivity index (χ2v) is 5.93. The number of ether oxygens (including phenoxy) is 1. The second-order valence-electron chi connectivity index (χ2n) is 4.88. The van der Waals surface area contributed by atoms with Crippen molar-refractivity contribution in [3.05, 3.63) is 29.8 Å². The van der Waals surface area contributed by atoms with Gasteiger partial charge in [-0.2, -0.15) is 0 Å². The van der Waals surface area contributed by atoms with E-state index < -0.39 is 0 Å². The lowest BCUT2D eigenvalue weighted by molar-refractivity contribution is -0.118. The van der Waals surface area contributed by atoms with E-state index in [2.05, 4.69) is 48.7 Å². The zero-order valence-corrected chi connectivity index (χ0v) is 14.0. The van der Waals surface area contributed by atoms with Crippen molar-refractivity contribution in [2.75, 3.05) is 32.6 Å². The molecule has 0 saturated carbocycles. The van der Waals surface area contributed by atoms with Gasteiger partial charge in [-0.3, -0.25) is 4.79 Å². The summed E-state index contributed by atoms with van der Waals surface area (Å²) in [6.45, 7) is 6.47. The third-order valence-electron chi connectivity index (χ3n) is 3.08. The number of benzene rings is 1. The molecular formula is C16H26N2O2S. The number of hydrogen-bond acceptors (Lipinski definition) is 4. The van der Waals surface area contributed by atoms with Crippen LogP contribution in [0.25, 0.3) is 0 Å². The molecule has 2 N–H and O–H groups in total. The van der Waals surface area contributed by atoms with Crippen LogP contribution in [0.1, 0.15) is 31.9 Å². The highest BCUT2D eigenvalue weighted by molar-refractivity contribution is 8.00. The van der Waals surface area contributed by atoms with Crippen LogP contribution < -0.4 is 10.6 Å². The summed E-state index contributed by atoms with van der Waals surface area (Å²) in [6.07, 6.45) is 1.14. The molecule has 1 aromatic rings. The van der Waals surface area contributed by atoms with Gasteiger partial charge in [-0.25, -0.2) is 0 Å². The predicted octanol–water partition coefficient (Wildman–Crippen LogP) is 2.60. The monoisotopic (exact) mass is 310 g/mol. The molecule has 0 aromatic heterocycles. The van der Waals surface area contributed by atoms with Crippen LogP contribution in [-0.2, 0) is 9.53 Å². The fourth-order valence-corrected chi connectivity index (χ4v) is 2.55. The van der Waals surface area contributed by atoms with E-state index in [-0.39, 0.29) is 5.91 Å². The fourth-order valence-electron chi connectivity index (χ4n) is 1.82. The van der Waals surface area contributed by atoms with Crippen LogP contribution in [0.4, 0.5) is 0 Å². The van der Waals surface area contributed by atoms with Crippen LogP contribution in [0.2, 0.25) is 0 Å². The van der Waals surface area contributed by atoms with Gasteiger partial charge in [-0.15, -0.1) is 11.8 Å². The van der Waals surface area contributed by atoms with E-state index in [4.69, 9.17) is 4.74 Å². The lowest BCUT2D eigenvalue weighted by Crippen LogP contribution is -2.28. The molecule has 21 heavy (non-hydrogen) atoms. The SMILES string of the molecule is CCCNC(C)c1ccc(SCC(=O)NCCOC)cc1. The van der Waals surface area contributed by atoms with Crippen LogP contribution in [0.3, 0.4) is 0 Å². The predicted molar refractivity (Wildman–Crippen MR) is 88.8 cm³/mol. The Morgan fingerprint density at radius 2 is 2.00 bits per heavy atom. The van der Waals surface area contributed by atoms with Gasteiger partial charge in [0.15, 0.2) is 0 Å². The third-order valence-corrected chi connectivity index (χ3v) is 4.09. The summed E-state index contributed by atoms with van der Waals surface area (Å²) in [5.74, 6) is 0.478. The molecule has 0 radical (unpaired) electrons. The highest BCUT2D eigenvalue weighted by Crippen LogP contribution is 2.20. The summed E-state index contributed by atoms with van der Waals surface area (Å²) in [5.41, 5.74) is 1.28. The van der Waals surface area contributed by atoms with Crippen molar-refractivity contribution in [2.24, 2.45) is 0 Å². The molecule has 0 heterocycles. The highest BCUT2D eigenvalue weighted by Gasteiger charge is 2.05. The molecule has 5 heteroatoms. The molecule has 1 atom stereocenters. The molecule has 0 bridgehead atoms. The number of carbonyl (C=O) groups excluding carboxylic acids is 1. The number of thioether (sulfide) groups is 1. The zero-order valence-electron chi connectivity index (χ0n) is 13.1. The summed E-state index contributed by atoms with van der Waals surface area (Å²) < 4.78 is 4.89. The molecule has 0 aliphatic rings. The zero-order chi connectivity index (χ0) is 15.5. The average Bonchev–Trinajstić information content (AvgIpc) is 2.51. The van der Waals surface area contributed by atoms with Gasteiger partial charge in [-0.05, 0) is 37.6 Å². The van der Waals surface area contributed by atoms with Gasteiger partial charge >= 0.3 is 0 Å². The minimum Gasteiger partial charge on any atom is -0.383 e. The van der Waals surface area contributed by atoms with Crippen LogP contribution in [0.5, 0.6) is 0 Å². The number of hydrogen-bond donors (Lipinski definition) is 2. The van der Waals surface area contributed by atoms with Crippen molar-refractivity contribution in [1.82, 2.24) is 10.6 Å². The molecule has 0 aliphatic carbocycles. The second kappa shape index (κ2) is 10.7. The van der Waals surface area contributed by atoms with E-state index in [0.29, 0.717) is 24.9 Å². The maximum atomic E-state index is 11.6. The summed E-state index contributed by atoms with van der Waals surface area (Å²) in [4.78, 5) is 12.7. The van der Waals surface area contributed by atoms with Crippen LogP contribution in [0.15, 0.2) is 29.2 Å². The first-order valence-electron chi connectivity index (χ1n) is 7.39. The molecule has 1 aromatic carbocycles. The molecule has 1 rings (SSSR count). The van der Waals surface area contributed by atoms with Gasteiger partial charge < -0.3 is 15.4 Å². The topological polar surface area (TPSA) is 50.4 Å². The van der Waals surface area contributed by atoms with Gasteiger partial charge in [0.2, 0.25) is 5.91 Å². The first-order valence-corrected chi connectivity index (χ1v) is 8.37. The molecule has 118 valence electrons. The first kappa shape index (κ1) is 18.0. The van der Waals surface area contributed by atoms with Gasteiger partial charge in [0.05, 0.1) is 12.4 Å². The lowest BCUT2D eigenvalue weighted by Gasteiger charge is -2.14. The maximum Gasteiger partial charge on any atom is 0.230 e. The molecular weight excluding hydrogens is 284 g/mol. The van der Waals surface area contributed by atoms with Gasteiger partial charge in [0.25, 0.3) is 0 Å². The van der Waals surface area contributed by atoms with E-state index in [1.807, 2.05) is 0 Å². The molecule has 0 fully saturated rings. The van der Waals surface area contributed by atoms with E-state index in [0.717, 1.165) is 17.9 Å².